The van der Waals surface area contributed by atoms with Gasteiger partial charge < -0.3 is 20.1 Å². The SMILES string of the molecule is CCOCCCCNC(=NC)NCC(C)Oc1ccc(C)cc1.I. The van der Waals surface area contributed by atoms with Crippen LogP contribution in [-0.2, 0) is 4.74 Å². The first-order valence-electron chi connectivity index (χ1n) is 8.41. The standard InChI is InChI=1S/C18H31N3O2.HI/c1-5-22-13-7-6-12-20-18(19-4)21-14-16(3)23-17-10-8-15(2)9-11-17;/h8-11,16H,5-7,12-14H2,1-4H3,(H2,19,20,21);1H. The van der Waals surface area contributed by atoms with Crippen molar-refractivity contribution in [2.45, 2.75) is 39.7 Å². The summed E-state index contributed by atoms with van der Waals surface area (Å²) < 4.78 is 11.2. The third-order valence-corrected chi connectivity index (χ3v) is 3.35. The summed E-state index contributed by atoms with van der Waals surface area (Å²) >= 11 is 0. The minimum absolute atomic E-state index is 0. The molecular weight excluding hydrogens is 417 g/mol. The Bertz CT molecular complexity index is 452. The first-order chi connectivity index (χ1) is 11.2. The van der Waals surface area contributed by atoms with E-state index in [1.807, 2.05) is 26.0 Å². The van der Waals surface area contributed by atoms with Gasteiger partial charge in [0.05, 0.1) is 6.54 Å². The third-order valence-electron chi connectivity index (χ3n) is 3.35. The van der Waals surface area contributed by atoms with E-state index in [0.29, 0.717) is 6.54 Å². The molecule has 1 atom stereocenters. The van der Waals surface area contributed by atoms with Gasteiger partial charge in [-0.2, -0.15) is 0 Å². The van der Waals surface area contributed by atoms with Crippen LogP contribution in [0.2, 0.25) is 0 Å². The Hall–Kier alpha value is -1.02. The lowest BCUT2D eigenvalue weighted by atomic mass is 10.2. The number of ether oxygens (including phenoxy) is 2. The van der Waals surface area contributed by atoms with E-state index in [-0.39, 0.29) is 30.1 Å². The largest absolute Gasteiger partial charge is 0.489 e. The summed E-state index contributed by atoms with van der Waals surface area (Å²) in [6.07, 6.45) is 2.19. The van der Waals surface area contributed by atoms with Gasteiger partial charge in [-0.1, -0.05) is 17.7 Å². The average molecular weight is 449 g/mol. The molecule has 0 fully saturated rings. The molecule has 0 saturated carbocycles. The first kappa shape index (κ1) is 23.0. The van der Waals surface area contributed by atoms with E-state index >= 15 is 0 Å². The number of guanidine groups is 1. The molecule has 1 unspecified atom stereocenters. The molecule has 0 aliphatic heterocycles. The minimum atomic E-state index is 0. The highest BCUT2D eigenvalue weighted by molar-refractivity contribution is 14.0. The van der Waals surface area contributed by atoms with Crippen molar-refractivity contribution in [1.29, 1.82) is 0 Å². The minimum Gasteiger partial charge on any atom is -0.489 e. The molecule has 2 N–H and O–H groups in total. The second kappa shape index (κ2) is 14.3. The van der Waals surface area contributed by atoms with Gasteiger partial charge in [0, 0.05) is 26.8 Å². The number of nitrogens with one attached hydrogen (secondary N) is 2. The van der Waals surface area contributed by atoms with Gasteiger partial charge in [-0.25, -0.2) is 0 Å². The molecule has 0 aliphatic rings. The zero-order chi connectivity index (χ0) is 16.9. The molecule has 0 amide bonds. The lowest BCUT2D eigenvalue weighted by Crippen LogP contribution is -2.42. The van der Waals surface area contributed by atoms with E-state index in [4.69, 9.17) is 9.47 Å². The maximum absolute atomic E-state index is 5.87. The predicted octanol–water partition coefficient (Wildman–Crippen LogP) is 3.36. The van der Waals surface area contributed by atoms with E-state index < -0.39 is 0 Å². The van der Waals surface area contributed by atoms with E-state index in [0.717, 1.165) is 44.3 Å². The van der Waals surface area contributed by atoms with E-state index in [2.05, 4.69) is 34.7 Å². The maximum Gasteiger partial charge on any atom is 0.191 e. The Morgan fingerprint density at radius 3 is 2.50 bits per heavy atom. The highest BCUT2D eigenvalue weighted by Gasteiger charge is 2.05. The van der Waals surface area contributed by atoms with E-state index in [1.165, 1.54) is 5.56 Å². The van der Waals surface area contributed by atoms with Crippen LogP contribution in [0.3, 0.4) is 0 Å². The monoisotopic (exact) mass is 449 g/mol. The fourth-order valence-corrected chi connectivity index (χ4v) is 2.03. The number of aliphatic imine (C=N–C) groups is 1. The van der Waals surface area contributed by atoms with Gasteiger partial charge in [0.15, 0.2) is 5.96 Å². The molecule has 0 bridgehead atoms. The summed E-state index contributed by atoms with van der Waals surface area (Å²) in [5, 5.41) is 6.59. The van der Waals surface area contributed by atoms with Gasteiger partial charge in [-0.15, -0.1) is 24.0 Å². The normalized spacial score (nSPS) is 12.2. The van der Waals surface area contributed by atoms with Crippen LogP contribution < -0.4 is 15.4 Å². The lowest BCUT2D eigenvalue weighted by Gasteiger charge is -2.18. The van der Waals surface area contributed by atoms with Crippen LogP contribution in [0.5, 0.6) is 5.75 Å². The number of nitrogens with zero attached hydrogens (tertiary/aromatic N) is 1. The van der Waals surface area contributed by atoms with Crippen LogP contribution >= 0.6 is 24.0 Å². The van der Waals surface area contributed by atoms with Crippen LogP contribution in [0.1, 0.15) is 32.3 Å². The molecule has 0 aromatic heterocycles. The molecule has 0 aliphatic carbocycles. The van der Waals surface area contributed by atoms with Crippen LogP contribution in [0, 0.1) is 6.92 Å². The number of hydrogen-bond donors (Lipinski definition) is 2. The Morgan fingerprint density at radius 1 is 1.17 bits per heavy atom. The molecule has 138 valence electrons. The zero-order valence-electron chi connectivity index (χ0n) is 15.3. The summed E-state index contributed by atoms with van der Waals surface area (Å²) in [5.41, 5.74) is 1.23. The first-order valence-corrected chi connectivity index (χ1v) is 8.41. The van der Waals surface area contributed by atoms with Crippen LogP contribution in [0.15, 0.2) is 29.3 Å². The number of hydrogen-bond acceptors (Lipinski definition) is 3. The Labute approximate surface area is 163 Å². The Kier molecular flexibility index (Phi) is 13.7. The van der Waals surface area contributed by atoms with Crippen molar-refractivity contribution in [3.8, 4) is 5.75 Å². The van der Waals surface area contributed by atoms with Gasteiger partial charge >= 0.3 is 0 Å². The zero-order valence-corrected chi connectivity index (χ0v) is 17.6. The van der Waals surface area contributed by atoms with Gasteiger partial charge in [0.1, 0.15) is 11.9 Å². The highest BCUT2D eigenvalue weighted by atomic mass is 127. The molecule has 1 rings (SSSR count). The van der Waals surface area contributed by atoms with Gasteiger partial charge in [0.25, 0.3) is 0 Å². The molecule has 24 heavy (non-hydrogen) atoms. The fourth-order valence-electron chi connectivity index (χ4n) is 2.03. The smallest absolute Gasteiger partial charge is 0.191 e. The number of rotatable bonds is 10. The molecule has 0 spiro atoms. The maximum atomic E-state index is 5.87. The highest BCUT2D eigenvalue weighted by Crippen LogP contribution is 2.12. The molecular formula is C18H32IN3O2. The quantitative estimate of drug-likeness (QED) is 0.249. The second-order valence-electron chi connectivity index (χ2n) is 5.53. The van der Waals surface area contributed by atoms with Crippen molar-refractivity contribution in [1.82, 2.24) is 10.6 Å². The summed E-state index contributed by atoms with van der Waals surface area (Å²) in [5.74, 6) is 1.70. The Balaban J connectivity index is 0.00000529. The van der Waals surface area contributed by atoms with Crippen molar-refractivity contribution in [3.63, 3.8) is 0 Å². The van der Waals surface area contributed by atoms with E-state index in [9.17, 15) is 0 Å². The van der Waals surface area contributed by atoms with Crippen molar-refractivity contribution >= 4 is 29.9 Å². The predicted molar refractivity (Wildman–Crippen MR) is 112 cm³/mol. The number of halogens is 1. The molecule has 1 aromatic carbocycles. The number of aryl methyl sites for hydroxylation is 1. The third kappa shape index (κ3) is 10.7. The van der Waals surface area contributed by atoms with Crippen LogP contribution in [0.4, 0.5) is 0 Å². The van der Waals surface area contributed by atoms with Crippen LogP contribution in [0.25, 0.3) is 0 Å². The molecule has 1 aromatic rings. The average Bonchev–Trinajstić information content (AvgIpc) is 2.55. The van der Waals surface area contributed by atoms with Crippen molar-refractivity contribution in [2.24, 2.45) is 4.99 Å². The lowest BCUT2D eigenvalue weighted by molar-refractivity contribution is 0.143. The molecule has 0 radical (unpaired) electrons. The van der Waals surface area contributed by atoms with Crippen LogP contribution in [-0.4, -0.2) is 45.4 Å². The summed E-state index contributed by atoms with van der Waals surface area (Å²) in [6, 6.07) is 8.10. The van der Waals surface area contributed by atoms with Crippen molar-refractivity contribution < 1.29 is 9.47 Å². The van der Waals surface area contributed by atoms with Gasteiger partial charge in [-0.3, -0.25) is 4.99 Å². The van der Waals surface area contributed by atoms with Gasteiger partial charge in [-0.05, 0) is 45.7 Å². The molecule has 0 heterocycles. The fraction of sp³-hybridized carbons (Fsp3) is 0.611. The number of benzene rings is 1. The second-order valence-corrected chi connectivity index (χ2v) is 5.53. The van der Waals surface area contributed by atoms with Crippen molar-refractivity contribution in [2.75, 3.05) is 33.4 Å². The van der Waals surface area contributed by atoms with Crippen molar-refractivity contribution in [3.05, 3.63) is 29.8 Å². The summed E-state index contributed by atoms with van der Waals surface area (Å²) in [4.78, 5) is 4.22. The van der Waals surface area contributed by atoms with Gasteiger partial charge in [0.2, 0.25) is 0 Å². The van der Waals surface area contributed by atoms with E-state index in [1.54, 1.807) is 7.05 Å². The molecule has 5 nitrogen and oxygen atoms in total. The summed E-state index contributed by atoms with van der Waals surface area (Å²) in [6.45, 7) is 9.33. The molecule has 0 saturated heterocycles. The number of unbranched alkanes of at least 4 members (excludes halogenated alkanes) is 1. The Morgan fingerprint density at radius 2 is 1.88 bits per heavy atom. The topological polar surface area (TPSA) is 54.9 Å². The molecule has 6 heteroatoms. The summed E-state index contributed by atoms with van der Waals surface area (Å²) in [7, 11) is 1.78.